The second kappa shape index (κ2) is 8.72. The van der Waals surface area contributed by atoms with Crippen LogP contribution < -0.4 is 0 Å². The fraction of sp³-hybridized carbons (Fsp3) is 0.324. The Labute approximate surface area is 231 Å². The Morgan fingerprint density at radius 2 is 1.56 bits per heavy atom. The van der Waals surface area contributed by atoms with Crippen LogP contribution in [0.3, 0.4) is 0 Å². The molecular formula is C34H32F3NS. The van der Waals surface area contributed by atoms with Gasteiger partial charge in [-0.05, 0) is 81.4 Å². The van der Waals surface area contributed by atoms with Gasteiger partial charge in [0.1, 0.15) is 0 Å². The molecule has 0 bridgehead atoms. The van der Waals surface area contributed by atoms with Crippen LogP contribution in [0.1, 0.15) is 51.3 Å². The zero-order valence-electron chi connectivity index (χ0n) is 23.2. The minimum absolute atomic E-state index is 0.0800. The summed E-state index contributed by atoms with van der Waals surface area (Å²) in [7, 11) is 0. The van der Waals surface area contributed by atoms with Gasteiger partial charge < -0.3 is 0 Å². The largest absolute Gasteiger partial charge is 0.394 e. The number of aromatic nitrogens is 1. The molecule has 5 aromatic rings. The van der Waals surface area contributed by atoms with Crippen molar-refractivity contribution < 1.29 is 13.2 Å². The first-order chi connectivity index (χ1) is 18.2. The van der Waals surface area contributed by atoms with Gasteiger partial charge in [0.15, 0.2) is 0 Å². The standard InChI is InChI=1S/C34H32F3NS/c1-19-10-11-23-22(14-19)15-25-30-29-24(12-13-38-30)28-20(8-7-9-21(28)17-33(5,6)34(35,36)37)16-27(29)39-31(25)26(23)18-32(2,3)4/h7-16H,17-18H2,1-6H3. The molecule has 0 amide bonds. The highest BCUT2D eigenvalue weighted by Crippen LogP contribution is 2.53. The predicted octanol–water partition coefficient (Wildman–Crippen LogP) is 10.7. The quantitative estimate of drug-likeness (QED) is 0.206. The Hall–Kier alpha value is -3.05. The maximum Gasteiger partial charge on any atom is 0.394 e. The van der Waals surface area contributed by atoms with E-state index >= 15 is 0 Å². The summed E-state index contributed by atoms with van der Waals surface area (Å²) < 4.78 is 41.7. The summed E-state index contributed by atoms with van der Waals surface area (Å²) in [5.41, 5.74) is 3.56. The molecule has 1 aliphatic heterocycles. The molecule has 5 heteroatoms. The summed E-state index contributed by atoms with van der Waals surface area (Å²) >= 11 is 1.78. The van der Waals surface area contributed by atoms with Gasteiger partial charge in [-0.3, -0.25) is 4.98 Å². The first-order valence-corrected chi connectivity index (χ1v) is 14.2. The summed E-state index contributed by atoms with van der Waals surface area (Å²) in [6.07, 6.45) is -1.63. The molecule has 4 aromatic carbocycles. The van der Waals surface area contributed by atoms with Gasteiger partial charge in [0.25, 0.3) is 0 Å². The maximum absolute atomic E-state index is 13.9. The average Bonchev–Trinajstić information content (AvgIpc) is 2.83. The molecule has 1 aromatic heterocycles. The minimum Gasteiger partial charge on any atom is -0.256 e. The monoisotopic (exact) mass is 543 g/mol. The van der Waals surface area contributed by atoms with Crippen molar-refractivity contribution in [2.45, 2.75) is 70.4 Å². The highest BCUT2D eigenvalue weighted by atomic mass is 32.2. The minimum atomic E-state index is -4.29. The lowest BCUT2D eigenvalue weighted by Crippen LogP contribution is -2.34. The topological polar surface area (TPSA) is 12.9 Å². The van der Waals surface area contributed by atoms with E-state index in [1.165, 1.54) is 40.6 Å². The van der Waals surface area contributed by atoms with Crippen molar-refractivity contribution in [3.63, 3.8) is 0 Å². The van der Waals surface area contributed by atoms with E-state index in [1.54, 1.807) is 11.8 Å². The predicted molar refractivity (Wildman–Crippen MR) is 158 cm³/mol. The first-order valence-electron chi connectivity index (χ1n) is 13.4. The number of pyridine rings is 1. The molecule has 0 fully saturated rings. The number of benzene rings is 4. The molecule has 0 unspecified atom stereocenters. The number of fused-ring (bicyclic) bond motifs is 5. The van der Waals surface area contributed by atoms with Crippen LogP contribution in [0.25, 0.3) is 43.6 Å². The number of rotatable bonds is 3. The number of halogens is 3. The molecule has 2 heterocycles. The Balaban J connectivity index is 1.66. The third kappa shape index (κ3) is 4.39. The number of hydrogen-bond acceptors (Lipinski definition) is 2. The van der Waals surface area contributed by atoms with Gasteiger partial charge >= 0.3 is 6.18 Å². The van der Waals surface area contributed by atoms with Crippen LogP contribution >= 0.6 is 11.8 Å². The van der Waals surface area contributed by atoms with E-state index in [2.05, 4.69) is 58.0 Å². The molecular weight excluding hydrogens is 511 g/mol. The number of nitrogens with zero attached hydrogens (tertiary/aromatic N) is 1. The number of aryl methyl sites for hydroxylation is 1. The maximum atomic E-state index is 13.9. The van der Waals surface area contributed by atoms with Crippen molar-refractivity contribution in [2.75, 3.05) is 0 Å². The van der Waals surface area contributed by atoms with Gasteiger partial charge in [-0.2, -0.15) is 13.2 Å². The highest BCUT2D eigenvalue weighted by molar-refractivity contribution is 8.00. The van der Waals surface area contributed by atoms with Crippen molar-refractivity contribution in [1.29, 1.82) is 0 Å². The van der Waals surface area contributed by atoms with Crippen LogP contribution in [-0.4, -0.2) is 11.2 Å². The molecule has 200 valence electrons. The summed E-state index contributed by atoms with van der Waals surface area (Å²) in [5, 5.41) is 6.34. The second-order valence-corrected chi connectivity index (χ2v) is 13.9. The van der Waals surface area contributed by atoms with Crippen molar-refractivity contribution in [3.8, 4) is 11.3 Å². The van der Waals surface area contributed by atoms with Gasteiger partial charge in [-0.25, -0.2) is 0 Å². The zero-order chi connectivity index (χ0) is 27.9. The van der Waals surface area contributed by atoms with E-state index in [0.29, 0.717) is 0 Å². The smallest absolute Gasteiger partial charge is 0.256 e. The van der Waals surface area contributed by atoms with Crippen LogP contribution in [0.5, 0.6) is 0 Å². The van der Waals surface area contributed by atoms with Crippen LogP contribution in [-0.2, 0) is 12.8 Å². The lowest BCUT2D eigenvalue weighted by Gasteiger charge is -2.29. The van der Waals surface area contributed by atoms with Gasteiger partial charge in [0.05, 0.1) is 11.1 Å². The lowest BCUT2D eigenvalue weighted by atomic mass is 9.82. The van der Waals surface area contributed by atoms with Crippen molar-refractivity contribution in [1.82, 2.24) is 4.98 Å². The van der Waals surface area contributed by atoms with E-state index in [0.717, 1.165) is 49.7 Å². The van der Waals surface area contributed by atoms with Crippen LogP contribution in [0.4, 0.5) is 13.2 Å². The van der Waals surface area contributed by atoms with Crippen molar-refractivity contribution >= 4 is 44.1 Å². The number of alkyl halides is 3. The third-order valence-corrected chi connectivity index (χ3v) is 9.07. The van der Waals surface area contributed by atoms with Gasteiger partial charge in [-0.1, -0.05) is 88.3 Å². The summed E-state index contributed by atoms with van der Waals surface area (Å²) in [6.45, 7) is 11.5. The van der Waals surface area contributed by atoms with Gasteiger partial charge in [-0.15, -0.1) is 0 Å². The van der Waals surface area contributed by atoms with Crippen molar-refractivity contribution in [2.24, 2.45) is 10.8 Å². The molecule has 1 nitrogen and oxygen atoms in total. The molecule has 0 aliphatic carbocycles. The van der Waals surface area contributed by atoms with Crippen LogP contribution in [0, 0.1) is 17.8 Å². The molecule has 0 saturated heterocycles. The van der Waals surface area contributed by atoms with E-state index in [4.69, 9.17) is 4.98 Å². The SMILES string of the molecule is Cc1ccc2c(CC(C)(C)C)c3c(cc2c1)-c1nccc2c1c(cc1cccc(CC(C)(C)C(F)(F)F)c12)S3. The van der Waals surface area contributed by atoms with E-state index in [-0.39, 0.29) is 11.8 Å². The normalized spacial score (nSPS) is 13.9. The van der Waals surface area contributed by atoms with Crippen molar-refractivity contribution in [3.05, 3.63) is 77.5 Å². The Morgan fingerprint density at radius 1 is 0.795 bits per heavy atom. The average molecular weight is 544 g/mol. The molecule has 0 N–H and O–H groups in total. The Bertz CT molecular complexity index is 1790. The van der Waals surface area contributed by atoms with E-state index < -0.39 is 11.6 Å². The van der Waals surface area contributed by atoms with Gasteiger partial charge in [0, 0.05) is 26.9 Å². The summed E-state index contributed by atoms with van der Waals surface area (Å²) in [5.74, 6) is 0. The van der Waals surface area contributed by atoms with Crippen LogP contribution in [0.15, 0.2) is 70.6 Å². The third-order valence-electron chi connectivity index (χ3n) is 7.86. The molecule has 1 aliphatic rings. The molecule has 0 spiro atoms. The lowest BCUT2D eigenvalue weighted by molar-refractivity contribution is -0.210. The van der Waals surface area contributed by atoms with E-state index in [1.807, 2.05) is 30.5 Å². The second-order valence-electron chi connectivity index (χ2n) is 12.8. The molecule has 0 saturated carbocycles. The van der Waals surface area contributed by atoms with Crippen LogP contribution in [0.2, 0.25) is 0 Å². The first kappa shape index (κ1) is 26.2. The zero-order valence-corrected chi connectivity index (χ0v) is 24.0. The molecule has 0 atom stereocenters. The van der Waals surface area contributed by atoms with Gasteiger partial charge in [0.2, 0.25) is 0 Å². The molecule has 39 heavy (non-hydrogen) atoms. The Morgan fingerprint density at radius 3 is 2.28 bits per heavy atom. The van der Waals surface area contributed by atoms with E-state index in [9.17, 15) is 13.2 Å². The highest BCUT2D eigenvalue weighted by Gasteiger charge is 2.47. The molecule has 0 radical (unpaired) electrons. The number of hydrogen-bond donors (Lipinski definition) is 0. The Kier molecular flexibility index (Phi) is 5.86. The molecule has 6 rings (SSSR count). The fourth-order valence-corrected chi connectivity index (χ4v) is 7.19. The fourth-order valence-electron chi connectivity index (χ4n) is 5.90. The summed E-state index contributed by atoms with van der Waals surface area (Å²) in [6, 6.07) is 18.8. The summed E-state index contributed by atoms with van der Waals surface area (Å²) in [4.78, 5) is 7.25.